The van der Waals surface area contributed by atoms with Crippen molar-refractivity contribution in [2.45, 2.75) is 45.1 Å². The van der Waals surface area contributed by atoms with E-state index < -0.39 is 11.9 Å². The van der Waals surface area contributed by atoms with Gasteiger partial charge in [-0.05, 0) is 39.9 Å². The van der Waals surface area contributed by atoms with Crippen LogP contribution in [0.5, 0.6) is 0 Å². The van der Waals surface area contributed by atoms with Gasteiger partial charge in [0.25, 0.3) is 0 Å². The quantitative estimate of drug-likeness (QED) is 0.370. The molecule has 196 valence electrons. The first-order valence-corrected chi connectivity index (χ1v) is 11.5. The van der Waals surface area contributed by atoms with Crippen LogP contribution in [0.3, 0.4) is 0 Å². The van der Waals surface area contributed by atoms with Crippen LogP contribution in [-0.4, -0.2) is 96.9 Å². The van der Waals surface area contributed by atoms with Crippen LogP contribution < -0.4 is 5.73 Å². The van der Waals surface area contributed by atoms with Crippen LogP contribution in [0.1, 0.15) is 20.8 Å². The SMILES string of the molecule is C=N/C=C\C(=NC/C(=C/N=C)N1C=C(C(F)(F)F)N=CC1)N1CC(C)N(CC)C(/C(C=N)=C/N)C1C. The Bertz CT molecular complexity index is 991. The molecule has 0 spiro atoms. The number of rotatable bonds is 9. The molecule has 0 radical (unpaired) electrons. The number of hydrogen-bond donors (Lipinski definition) is 2. The number of nitrogens with two attached hydrogens (primary N) is 1. The van der Waals surface area contributed by atoms with Crippen molar-refractivity contribution in [3.05, 3.63) is 47.8 Å². The normalized spacial score (nSPS) is 24.8. The van der Waals surface area contributed by atoms with Crippen molar-refractivity contribution in [2.75, 3.05) is 26.2 Å². The first kappa shape index (κ1) is 28.7. The first-order chi connectivity index (χ1) is 17.1. The molecule has 2 aliphatic rings. The molecule has 2 aliphatic heterocycles. The van der Waals surface area contributed by atoms with Gasteiger partial charge in [-0.25, -0.2) is 0 Å². The van der Waals surface area contributed by atoms with Crippen molar-refractivity contribution in [3.8, 4) is 0 Å². The molecular formula is C24H34F3N9. The van der Waals surface area contributed by atoms with E-state index in [1.165, 1.54) is 35.9 Å². The summed E-state index contributed by atoms with van der Waals surface area (Å²) in [6.07, 6.45) is 4.88. The lowest BCUT2D eigenvalue weighted by Crippen LogP contribution is -2.64. The molecule has 0 amide bonds. The zero-order chi connectivity index (χ0) is 26.9. The van der Waals surface area contributed by atoms with E-state index in [0.29, 0.717) is 23.7 Å². The zero-order valence-electron chi connectivity index (χ0n) is 20.9. The van der Waals surface area contributed by atoms with Crippen molar-refractivity contribution >= 4 is 31.7 Å². The highest BCUT2D eigenvalue weighted by Gasteiger charge is 2.39. The molecule has 2 heterocycles. The third-order valence-corrected chi connectivity index (χ3v) is 6.11. The second kappa shape index (κ2) is 13.0. The number of amidine groups is 1. The molecule has 3 N–H and O–H groups in total. The van der Waals surface area contributed by atoms with E-state index in [1.807, 2.05) is 6.92 Å². The number of allylic oxidation sites excluding steroid dienone is 1. The van der Waals surface area contributed by atoms with Gasteiger partial charge in [-0.15, -0.1) is 0 Å². The van der Waals surface area contributed by atoms with E-state index in [0.717, 1.165) is 12.7 Å². The Balaban J connectivity index is 2.45. The van der Waals surface area contributed by atoms with Gasteiger partial charge in [0, 0.05) is 61.4 Å². The second-order valence-corrected chi connectivity index (χ2v) is 8.28. The minimum Gasteiger partial charge on any atom is -0.404 e. The molecule has 2 rings (SSSR count). The fraction of sp³-hybridized carbons (Fsp3) is 0.458. The molecule has 0 bridgehead atoms. The fourth-order valence-electron chi connectivity index (χ4n) is 4.43. The van der Waals surface area contributed by atoms with Crippen LogP contribution in [0.2, 0.25) is 0 Å². The lowest BCUT2D eigenvalue weighted by atomic mass is 9.93. The van der Waals surface area contributed by atoms with Crippen LogP contribution in [0, 0.1) is 5.41 Å². The predicted octanol–water partition coefficient (Wildman–Crippen LogP) is 3.21. The Hall–Kier alpha value is -3.54. The van der Waals surface area contributed by atoms with Crippen LogP contribution in [0.15, 0.2) is 67.8 Å². The average Bonchev–Trinajstić information content (AvgIpc) is 2.85. The highest BCUT2D eigenvalue weighted by atomic mass is 19.4. The molecule has 0 aromatic carbocycles. The molecular weight excluding hydrogens is 471 g/mol. The standard InChI is InChI=1S/C24H34F3N9/c1-6-35-17(2)15-36(18(3)23(35)19(11-28)12-29)22(7-8-30-4)33-14-20(13-31-5)34-10-9-32-21(16-34)24(25,26)27/h7-9,11-13,16-18,23,28H,4-6,10,14-15,29H2,1-3H3/b8-7-,19-12+,20-13-,28-11?,33-22?. The molecule has 3 atom stereocenters. The summed E-state index contributed by atoms with van der Waals surface area (Å²) >= 11 is 0. The molecule has 36 heavy (non-hydrogen) atoms. The largest absolute Gasteiger partial charge is 0.434 e. The van der Waals surface area contributed by atoms with Gasteiger partial charge in [-0.1, -0.05) is 6.92 Å². The van der Waals surface area contributed by atoms with Gasteiger partial charge in [0.05, 0.1) is 24.8 Å². The van der Waals surface area contributed by atoms with Gasteiger partial charge in [0.1, 0.15) is 5.84 Å². The number of halogens is 3. The summed E-state index contributed by atoms with van der Waals surface area (Å²) in [4.78, 5) is 21.5. The first-order valence-electron chi connectivity index (χ1n) is 11.5. The lowest BCUT2D eigenvalue weighted by Gasteiger charge is -2.50. The smallest absolute Gasteiger partial charge is 0.404 e. The summed E-state index contributed by atoms with van der Waals surface area (Å²) in [6, 6.07) is -0.159. The Morgan fingerprint density at radius 2 is 2.03 bits per heavy atom. The van der Waals surface area contributed by atoms with Gasteiger partial charge < -0.3 is 20.9 Å². The van der Waals surface area contributed by atoms with Gasteiger partial charge >= 0.3 is 6.18 Å². The van der Waals surface area contributed by atoms with Crippen LogP contribution >= 0.6 is 0 Å². The van der Waals surface area contributed by atoms with Gasteiger partial charge in [-0.3, -0.25) is 24.9 Å². The van der Waals surface area contributed by atoms with Crippen LogP contribution in [0.4, 0.5) is 13.2 Å². The van der Waals surface area contributed by atoms with Crippen molar-refractivity contribution in [2.24, 2.45) is 25.7 Å². The maximum Gasteiger partial charge on any atom is 0.434 e. The lowest BCUT2D eigenvalue weighted by molar-refractivity contribution is -0.0935. The highest BCUT2D eigenvalue weighted by molar-refractivity contribution is 5.93. The predicted molar refractivity (Wildman–Crippen MR) is 141 cm³/mol. The fourth-order valence-corrected chi connectivity index (χ4v) is 4.43. The minimum absolute atomic E-state index is 0.0369. The number of hydrogen-bond acceptors (Lipinski definition) is 8. The molecule has 0 aromatic heterocycles. The van der Waals surface area contributed by atoms with Crippen molar-refractivity contribution < 1.29 is 13.2 Å². The zero-order valence-corrected chi connectivity index (χ0v) is 20.9. The minimum atomic E-state index is -4.57. The summed E-state index contributed by atoms with van der Waals surface area (Å²) < 4.78 is 39.6. The molecule has 3 unspecified atom stereocenters. The number of likely N-dealkylation sites (N-methyl/N-ethyl adjacent to an activating group) is 1. The Morgan fingerprint density at radius 3 is 2.58 bits per heavy atom. The summed E-state index contributed by atoms with van der Waals surface area (Å²) in [7, 11) is 0. The monoisotopic (exact) mass is 505 g/mol. The molecule has 12 heteroatoms. The maximum atomic E-state index is 13.2. The van der Waals surface area contributed by atoms with E-state index in [9.17, 15) is 13.2 Å². The third kappa shape index (κ3) is 6.78. The van der Waals surface area contributed by atoms with Crippen LogP contribution in [-0.2, 0) is 0 Å². The van der Waals surface area contributed by atoms with E-state index >= 15 is 0 Å². The average molecular weight is 506 g/mol. The molecule has 0 aromatic rings. The summed E-state index contributed by atoms with van der Waals surface area (Å²) in [5.41, 5.74) is 5.94. The number of nitrogens with one attached hydrogen (secondary N) is 1. The number of nitrogens with zero attached hydrogens (tertiary/aromatic N) is 7. The highest BCUT2D eigenvalue weighted by Crippen LogP contribution is 2.29. The number of aliphatic imine (C=N–C) groups is 4. The molecule has 1 saturated heterocycles. The van der Waals surface area contributed by atoms with E-state index in [-0.39, 0.29) is 31.2 Å². The van der Waals surface area contributed by atoms with E-state index in [4.69, 9.17) is 16.1 Å². The number of alkyl halides is 3. The van der Waals surface area contributed by atoms with E-state index in [1.54, 1.807) is 6.08 Å². The molecule has 1 fully saturated rings. The second-order valence-electron chi connectivity index (χ2n) is 8.28. The molecule has 9 nitrogen and oxygen atoms in total. The summed E-state index contributed by atoms with van der Waals surface area (Å²) in [6.45, 7) is 14.7. The number of piperazine rings is 1. The Labute approximate surface area is 210 Å². The Morgan fingerprint density at radius 1 is 1.31 bits per heavy atom. The summed E-state index contributed by atoms with van der Waals surface area (Å²) in [5, 5.41) is 7.85. The van der Waals surface area contributed by atoms with Gasteiger partial charge in [0.15, 0.2) is 5.70 Å². The van der Waals surface area contributed by atoms with Crippen molar-refractivity contribution in [3.63, 3.8) is 0 Å². The van der Waals surface area contributed by atoms with Crippen molar-refractivity contribution in [1.29, 1.82) is 5.41 Å². The maximum absolute atomic E-state index is 13.2. The van der Waals surface area contributed by atoms with Gasteiger partial charge in [0.2, 0.25) is 0 Å². The van der Waals surface area contributed by atoms with Crippen molar-refractivity contribution in [1.82, 2.24) is 14.7 Å². The van der Waals surface area contributed by atoms with E-state index in [2.05, 4.69) is 52.1 Å². The van der Waals surface area contributed by atoms with Crippen LogP contribution in [0.25, 0.3) is 0 Å². The summed E-state index contributed by atoms with van der Waals surface area (Å²) in [5.74, 6) is 0.574. The topological polar surface area (TPSA) is 109 Å². The molecule has 0 aliphatic carbocycles. The Kier molecular flexibility index (Phi) is 10.3. The third-order valence-electron chi connectivity index (χ3n) is 6.11. The van der Waals surface area contributed by atoms with Gasteiger partial charge in [-0.2, -0.15) is 13.2 Å². The molecule has 0 saturated carbocycles.